The minimum atomic E-state index is 0.252. The molecule has 3 heterocycles. The Morgan fingerprint density at radius 3 is 2.68 bits per heavy atom. The molecular weight excluding hydrogens is 242 g/mol. The zero-order valence-electron chi connectivity index (χ0n) is 11.0. The first kappa shape index (κ1) is 11.6. The predicted molar refractivity (Wildman–Crippen MR) is 72.0 cm³/mol. The lowest BCUT2D eigenvalue weighted by atomic mass is 10.1. The maximum atomic E-state index is 5.92. The molecule has 0 fully saturated rings. The van der Waals surface area contributed by atoms with E-state index in [9.17, 15) is 0 Å². The van der Waals surface area contributed by atoms with Gasteiger partial charge in [0, 0.05) is 0 Å². The van der Waals surface area contributed by atoms with Crippen LogP contribution < -0.4 is 5.73 Å². The van der Waals surface area contributed by atoms with Gasteiger partial charge in [0.05, 0.1) is 16.8 Å². The summed E-state index contributed by atoms with van der Waals surface area (Å²) in [4.78, 5) is 0. The highest BCUT2D eigenvalue weighted by atomic mass is 15.4. The summed E-state index contributed by atoms with van der Waals surface area (Å²) in [5.41, 5.74) is 8.37. The number of nitrogens with zero attached hydrogens (tertiary/aromatic N) is 5. The highest BCUT2D eigenvalue weighted by Crippen LogP contribution is 2.28. The number of nitrogens with two attached hydrogens (primary N) is 1. The summed E-state index contributed by atoms with van der Waals surface area (Å²) >= 11 is 0. The van der Waals surface area contributed by atoms with E-state index in [1.54, 1.807) is 4.68 Å². The highest BCUT2D eigenvalue weighted by Gasteiger charge is 2.20. The standard InChI is InChI=1S/C12H15N7/c1-6(2)10-9-11(13)16-17-12(9)19(18-10)8-5-4-7(3)14-15-8/h4-6H,1-3H3,(H3,13,16,17). The molecule has 3 aromatic rings. The van der Waals surface area contributed by atoms with Crippen molar-refractivity contribution in [2.75, 3.05) is 5.73 Å². The maximum absolute atomic E-state index is 5.92. The average molecular weight is 257 g/mol. The smallest absolute Gasteiger partial charge is 0.188 e. The van der Waals surface area contributed by atoms with Crippen molar-refractivity contribution >= 4 is 16.9 Å². The molecule has 0 aromatic carbocycles. The lowest BCUT2D eigenvalue weighted by molar-refractivity contribution is 0.749. The van der Waals surface area contributed by atoms with E-state index in [0.717, 1.165) is 16.8 Å². The molecular formula is C12H15N7. The lowest BCUT2D eigenvalue weighted by Crippen LogP contribution is -2.03. The van der Waals surface area contributed by atoms with E-state index < -0.39 is 0 Å². The number of nitrogen functional groups attached to an aromatic ring is 1. The van der Waals surface area contributed by atoms with Gasteiger partial charge in [-0.25, -0.2) is 0 Å². The Labute approximate surface area is 109 Å². The van der Waals surface area contributed by atoms with Crippen molar-refractivity contribution in [2.45, 2.75) is 26.7 Å². The van der Waals surface area contributed by atoms with Crippen LogP contribution in [0.15, 0.2) is 12.1 Å². The first-order chi connectivity index (χ1) is 9.08. The Morgan fingerprint density at radius 1 is 1.26 bits per heavy atom. The number of H-pyrrole nitrogens is 1. The number of anilines is 1. The molecule has 0 amide bonds. The van der Waals surface area contributed by atoms with E-state index in [-0.39, 0.29) is 5.92 Å². The molecule has 3 N–H and O–H groups in total. The highest BCUT2D eigenvalue weighted by molar-refractivity contribution is 5.90. The molecule has 7 nitrogen and oxygen atoms in total. The Hall–Kier alpha value is -2.44. The van der Waals surface area contributed by atoms with Crippen molar-refractivity contribution in [3.05, 3.63) is 23.5 Å². The van der Waals surface area contributed by atoms with Gasteiger partial charge in [-0.2, -0.15) is 20.0 Å². The normalized spacial score (nSPS) is 11.6. The summed E-state index contributed by atoms with van der Waals surface area (Å²) in [6.07, 6.45) is 0. The zero-order valence-corrected chi connectivity index (χ0v) is 11.0. The molecule has 0 saturated heterocycles. The summed E-state index contributed by atoms with van der Waals surface area (Å²) in [7, 11) is 0. The molecule has 98 valence electrons. The van der Waals surface area contributed by atoms with Crippen molar-refractivity contribution in [3.8, 4) is 5.82 Å². The maximum Gasteiger partial charge on any atom is 0.188 e. The lowest BCUT2D eigenvalue weighted by Gasteiger charge is -2.01. The first-order valence-corrected chi connectivity index (χ1v) is 6.11. The molecule has 0 saturated carbocycles. The first-order valence-electron chi connectivity index (χ1n) is 6.11. The Morgan fingerprint density at radius 2 is 2.05 bits per heavy atom. The Bertz CT molecular complexity index is 720. The third kappa shape index (κ3) is 1.74. The van der Waals surface area contributed by atoms with Gasteiger partial charge in [0.25, 0.3) is 0 Å². The van der Waals surface area contributed by atoms with Crippen LogP contribution in [0.5, 0.6) is 0 Å². The zero-order chi connectivity index (χ0) is 13.6. The number of aromatic amines is 1. The number of rotatable bonds is 2. The fraction of sp³-hybridized carbons (Fsp3) is 0.333. The van der Waals surface area contributed by atoms with Crippen LogP contribution in [0.25, 0.3) is 16.9 Å². The van der Waals surface area contributed by atoms with Crippen LogP contribution in [0.1, 0.15) is 31.2 Å². The van der Waals surface area contributed by atoms with Gasteiger partial charge in [-0.05, 0) is 25.0 Å². The molecule has 3 rings (SSSR count). The number of aromatic nitrogens is 6. The average Bonchev–Trinajstić information content (AvgIpc) is 2.92. The van der Waals surface area contributed by atoms with Gasteiger partial charge in [0.1, 0.15) is 5.82 Å². The molecule has 0 unspecified atom stereocenters. The van der Waals surface area contributed by atoms with Gasteiger partial charge in [0.2, 0.25) is 0 Å². The summed E-state index contributed by atoms with van der Waals surface area (Å²) < 4.78 is 1.67. The van der Waals surface area contributed by atoms with Crippen molar-refractivity contribution in [1.82, 2.24) is 30.2 Å². The molecule has 0 radical (unpaired) electrons. The summed E-state index contributed by atoms with van der Waals surface area (Å²) in [6, 6.07) is 3.75. The Kier molecular flexibility index (Phi) is 2.48. The molecule has 0 aliphatic heterocycles. The van der Waals surface area contributed by atoms with E-state index in [1.807, 2.05) is 19.1 Å². The van der Waals surface area contributed by atoms with E-state index >= 15 is 0 Å². The van der Waals surface area contributed by atoms with Crippen LogP contribution >= 0.6 is 0 Å². The van der Waals surface area contributed by atoms with Crippen LogP contribution in [0.4, 0.5) is 5.82 Å². The second kappa shape index (κ2) is 4.04. The molecule has 7 heteroatoms. The van der Waals surface area contributed by atoms with Gasteiger partial charge in [-0.15, -0.1) is 5.10 Å². The number of hydrogen-bond donors (Lipinski definition) is 2. The molecule has 0 aliphatic rings. The second-order valence-corrected chi connectivity index (χ2v) is 4.82. The van der Waals surface area contributed by atoms with Crippen molar-refractivity contribution in [3.63, 3.8) is 0 Å². The number of nitrogens with one attached hydrogen (secondary N) is 1. The predicted octanol–water partition coefficient (Wildman–Crippen LogP) is 1.55. The minimum Gasteiger partial charge on any atom is -0.383 e. The van der Waals surface area contributed by atoms with Crippen molar-refractivity contribution < 1.29 is 0 Å². The van der Waals surface area contributed by atoms with E-state index in [2.05, 4.69) is 39.3 Å². The van der Waals surface area contributed by atoms with Gasteiger partial charge < -0.3 is 5.73 Å². The van der Waals surface area contributed by atoms with Crippen molar-refractivity contribution in [1.29, 1.82) is 0 Å². The summed E-state index contributed by atoms with van der Waals surface area (Å²) in [5.74, 6) is 1.42. The van der Waals surface area contributed by atoms with Crippen LogP contribution in [-0.2, 0) is 0 Å². The fourth-order valence-corrected chi connectivity index (χ4v) is 2.03. The minimum absolute atomic E-state index is 0.252. The molecule has 0 bridgehead atoms. The van der Waals surface area contributed by atoms with Gasteiger partial charge >= 0.3 is 0 Å². The molecule has 0 atom stereocenters. The van der Waals surface area contributed by atoms with Crippen LogP contribution in [0, 0.1) is 6.92 Å². The van der Waals surface area contributed by atoms with Crippen LogP contribution in [0.2, 0.25) is 0 Å². The number of hydrogen-bond acceptors (Lipinski definition) is 5. The monoisotopic (exact) mass is 257 g/mol. The third-order valence-corrected chi connectivity index (χ3v) is 2.99. The van der Waals surface area contributed by atoms with Gasteiger partial charge in [0.15, 0.2) is 11.5 Å². The van der Waals surface area contributed by atoms with E-state index in [0.29, 0.717) is 17.3 Å². The van der Waals surface area contributed by atoms with Crippen LogP contribution in [-0.4, -0.2) is 30.2 Å². The van der Waals surface area contributed by atoms with Crippen molar-refractivity contribution in [2.24, 2.45) is 0 Å². The second-order valence-electron chi connectivity index (χ2n) is 4.82. The Balaban J connectivity index is 2.27. The molecule has 0 spiro atoms. The largest absolute Gasteiger partial charge is 0.383 e. The van der Waals surface area contributed by atoms with E-state index in [4.69, 9.17) is 5.73 Å². The molecule has 0 aliphatic carbocycles. The molecule has 3 aromatic heterocycles. The fourth-order valence-electron chi connectivity index (χ4n) is 2.03. The number of fused-ring (bicyclic) bond motifs is 1. The number of aryl methyl sites for hydroxylation is 1. The third-order valence-electron chi connectivity index (χ3n) is 2.99. The summed E-state index contributed by atoms with van der Waals surface area (Å²) in [5, 5.41) is 20.6. The SMILES string of the molecule is Cc1ccc(-n2nc(C(C)C)c3c(N)[nH]nc32)nn1. The quantitative estimate of drug-likeness (QED) is 0.725. The molecule has 19 heavy (non-hydrogen) atoms. The summed E-state index contributed by atoms with van der Waals surface area (Å²) in [6.45, 7) is 6.03. The van der Waals surface area contributed by atoms with Gasteiger partial charge in [-0.1, -0.05) is 13.8 Å². The van der Waals surface area contributed by atoms with Gasteiger partial charge in [-0.3, -0.25) is 5.10 Å². The van der Waals surface area contributed by atoms with E-state index in [1.165, 1.54) is 0 Å². The van der Waals surface area contributed by atoms with Crippen LogP contribution in [0.3, 0.4) is 0 Å². The topological polar surface area (TPSA) is 98.3 Å².